The Morgan fingerprint density at radius 3 is 2.44 bits per heavy atom. The second kappa shape index (κ2) is 4.00. The Kier molecular flexibility index (Phi) is 2.64. The van der Waals surface area contributed by atoms with Crippen LogP contribution in [0.3, 0.4) is 0 Å². The predicted octanol–water partition coefficient (Wildman–Crippen LogP) is 4.48. The van der Waals surface area contributed by atoms with Crippen LogP contribution in [0, 0.1) is 0 Å². The van der Waals surface area contributed by atoms with Crippen molar-refractivity contribution in [3.05, 3.63) is 39.0 Å². The monoisotopic (exact) mass is 340 g/mol. The van der Waals surface area contributed by atoms with E-state index in [1.54, 1.807) is 0 Å². The molecule has 0 spiro atoms. The molecular weight excluding hydrogens is 332 g/mol. The van der Waals surface area contributed by atoms with Crippen molar-refractivity contribution in [2.24, 2.45) is 0 Å². The zero-order chi connectivity index (χ0) is 11.1. The van der Waals surface area contributed by atoms with Gasteiger partial charge in [-0.3, -0.25) is 0 Å². The molecular formula is C12H10Br2N2. The fourth-order valence-electron chi connectivity index (χ4n) is 1.77. The summed E-state index contributed by atoms with van der Waals surface area (Å²) in [6, 6.07) is 6.16. The Labute approximate surface area is 111 Å². The molecule has 82 valence electrons. The van der Waals surface area contributed by atoms with Crippen LogP contribution < -0.4 is 0 Å². The average Bonchev–Trinajstić information content (AvgIpc) is 2.95. The number of aromatic nitrogens is 2. The van der Waals surface area contributed by atoms with E-state index in [4.69, 9.17) is 0 Å². The number of hydrogen-bond acceptors (Lipinski definition) is 1. The smallest absolute Gasteiger partial charge is 0.137 e. The quantitative estimate of drug-likeness (QED) is 0.857. The number of rotatable bonds is 2. The Morgan fingerprint density at radius 2 is 1.81 bits per heavy atom. The van der Waals surface area contributed by atoms with E-state index in [0.717, 1.165) is 26.3 Å². The van der Waals surface area contributed by atoms with Crippen LogP contribution in [-0.4, -0.2) is 9.97 Å². The number of aromatic amines is 1. The highest BCUT2D eigenvalue weighted by Gasteiger charge is 2.25. The minimum absolute atomic E-state index is 0.719. The lowest BCUT2D eigenvalue weighted by molar-refractivity contribution is 1.05. The number of hydrogen-bond donors (Lipinski definition) is 1. The minimum atomic E-state index is 0.719. The zero-order valence-electron chi connectivity index (χ0n) is 8.50. The third-order valence-corrected chi connectivity index (χ3v) is 3.66. The highest BCUT2D eigenvalue weighted by molar-refractivity contribution is 9.11. The summed E-state index contributed by atoms with van der Waals surface area (Å²) in [5.74, 6) is 1.67. The number of nitrogens with one attached hydrogen (secondary N) is 1. The second-order valence-electron chi connectivity index (χ2n) is 4.12. The molecule has 0 saturated heterocycles. The summed E-state index contributed by atoms with van der Waals surface area (Å²) in [5.41, 5.74) is 2.37. The molecule has 0 radical (unpaired) electrons. The van der Waals surface area contributed by atoms with Gasteiger partial charge in [-0.15, -0.1) is 0 Å². The normalized spacial score (nSPS) is 15.4. The van der Waals surface area contributed by atoms with Gasteiger partial charge in [-0.05, 0) is 31.0 Å². The summed E-state index contributed by atoms with van der Waals surface area (Å²) in [6.07, 6.45) is 4.55. The Hall–Kier alpha value is -0.610. The lowest BCUT2D eigenvalue weighted by Crippen LogP contribution is -1.82. The Bertz CT molecular complexity index is 509. The third-order valence-electron chi connectivity index (χ3n) is 2.75. The maximum absolute atomic E-state index is 4.43. The molecule has 1 saturated carbocycles. The van der Waals surface area contributed by atoms with Gasteiger partial charge in [0.15, 0.2) is 0 Å². The molecule has 1 heterocycles. The van der Waals surface area contributed by atoms with Gasteiger partial charge in [0, 0.05) is 32.3 Å². The predicted molar refractivity (Wildman–Crippen MR) is 71.4 cm³/mol. The second-order valence-corrected chi connectivity index (χ2v) is 5.95. The molecule has 0 atom stereocenters. The molecule has 16 heavy (non-hydrogen) atoms. The van der Waals surface area contributed by atoms with Gasteiger partial charge in [-0.25, -0.2) is 4.98 Å². The lowest BCUT2D eigenvalue weighted by Gasteiger charge is -2.00. The van der Waals surface area contributed by atoms with Crippen molar-refractivity contribution in [3.63, 3.8) is 0 Å². The highest BCUT2D eigenvalue weighted by atomic mass is 79.9. The van der Waals surface area contributed by atoms with Crippen LogP contribution in [0.1, 0.15) is 24.5 Å². The molecule has 0 bridgehead atoms. The van der Waals surface area contributed by atoms with E-state index < -0.39 is 0 Å². The van der Waals surface area contributed by atoms with Crippen LogP contribution in [0.5, 0.6) is 0 Å². The van der Waals surface area contributed by atoms with Gasteiger partial charge in [0.2, 0.25) is 0 Å². The molecule has 0 unspecified atom stereocenters. The maximum atomic E-state index is 4.43. The fourth-order valence-corrected chi connectivity index (χ4v) is 3.07. The summed E-state index contributed by atoms with van der Waals surface area (Å²) in [6.45, 7) is 0. The number of halogens is 2. The first-order chi connectivity index (χ1) is 7.72. The molecule has 0 amide bonds. The maximum Gasteiger partial charge on any atom is 0.137 e. The van der Waals surface area contributed by atoms with Crippen molar-refractivity contribution in [2.45, 2.75) is 18.8 Å². The minimum Gasteiger partial charge on any atom is -0.342 e. The van der Waals surface area contributed by atoms with Crippen molar-refractivity contribution in [2.75, 3.05) is 0 Å². The van der Waals surface area contributed by atoms with Crippen LogP contribution in [0.25, 0.3) is 11.4 Å². The van der Waals surface area contributed by atoms with Crippen molar-refractivity contribution in [1.29, 1.82) is 0 Å². The first-order valence-corrected chi connectivity index (χ1v) is 6.82. The summed E-state index contributed by atoms with van der Waals surface area (Å²) in [4.78, 5) is 7.83. The van der Waals surface area contributed by atoms with E-state index in [1.807, 2.05) is 12.3 Å². The van der Waals surface area contributed by atoms with Gasteiger partial charge in [0.05, 0.1) is 0 Å². The van der Waals surface area contributed by atoms with E-state index in [9.17, 15) is 0 Å². The van der Waals surface area contributed by atoms with E-state index >= 15 is 0 Å². The van der Waals surface area contributed by atoms with Gasteiger partial charge in [-0.2, -0.15) is 0 Å². The van der Waals surface area contributed by atoms with Crippen LogP contribution in [0.2, 0.25) is 0 Å². The molecule has 1 aromatic carbocycles. The fraction of sp³-hybridized carbons (Fsp3) is 0.250. The van der Waals surface area contributed by atoms with E-state index in [1.165, 1.54) is 18.5 Å². The zero-order valence-corrected chi connectivity index (χ0v) is 11.7. The van der Waals surface area contributed by atoms with E-state index in [2.05, 4.69) is 54.0 Å². The topological polar surface area (TPSA) is 28.7 Å². The van der Waals surface area contributed by atoms with E-state index in [-0.39, 0.29) is 0 Å². The molecule has 3 rings (SSSR count). The van der Waals surface area contributed by atoms with Crippen molar-refractivity contribution < 1.29 is 0 Å². The number of imidazole rings is 1. The molecule has 1 N–H and O–H groups in total. The van der Waals surface area contributed by atoms with Gasteiger partial charge in [0.1, 0.15) is 5.82 Å². The van der Waals surface area contributed by atoms with Gasteiger partial charge >= 0.3 is 0 Å². The van der Waals surface area contributed by atoms with Crippen LogP contribution >= 0.6 is 31.9 Å². The van der Waals surface area contributed by atoms with Crippen LogP contribution in [0.15, 0.2) is 33.3 Å². The number of benzene rings is 1. The highest BCUT2D eigenvalue weighted by Crippen LogP contribution is 2.39. The molecule has 1 fully saturated rings. The largest absolute Gasteiger partial charge is 0.342 e. The summed E-state index contributed by atoms with van der Waals surface area (Å²) in [5, 5.41) is 0. The molecule has 2 nitrogen and oxygen atoms in total. The molecule has 1 aliphatic carbocycles. The van der Waals surface area contributed by atoms with Crippen molar-refractivity contribution in [1.82, 2.24) is 9.97 Å². The molecule has 1 aromatic heterocycles. The summed E-state index contributed by atoms with van der Waals surface area (Å²) in [7, 11) is 0. The van der Waals surface area contributed by atoms with Gasteiger partial charge < -0.3 is 4.98 Å². The van der Waals surface area contributed by atoms with E-state index in [0.29, 0.717) is 0 Å². The summed E-state index contributed by atoms with van der Waals surface area (Å²) < 4.78 is 2.11. The first-order valence-electron chi connectivity index (χ1n) is 5.24. The Balaban J connectivity index is 2.00. The molecule has 0 aliphatic heterocycles. The van der Waals surface area contributed by atoms with Gasteiger partial charge in [-0.1, -0.05) is 31.9 Å². The third kappa shape index (κ3) is 2.09. The molecule has 4 heteroatoms. The molecule has 2 aromatic rings. The van der Waals surface area contributed by atoms with Crippen LogP contribution in [-0.2, 0) is 0 Å². The van der Waals surface area contributed by atoms with Crippen molar-refractivity contribution in [3.8, 4) is 11.4 Å². The lowest BCUT2D eigenvalue weighted by atomic mass is 10.2. The van der Waals surface area contributed by atoms with Gasteiger partial charge in [0.25, 0.3) is 0 Å². The Morgan fingerprint density at radius 1 is 1.12 bits per heavy atom. The molecule has 1 aliphatic rings. The standard InChI is InChI=1S/C12H10Br2N2/c13-9-3-8(4-10(14)5-9)12-15-6-11(16-12)7-1-2-7/h3-7H,1-2H2,(H,15,16). The first kappa shape index (κ1) is 10.5. The average molecular weight is 342 g/mol. The van der Waals surface area contributed by atoms with Crippen LogP contribution in [0.4, 0.5) is 0 Å². The van der Waals surface area contributed by atoms with Crippen molar-refractivity contribution >= 4 is 31.9 Å². The number of H-pyrrole nitrogens is 1. The summed E-state index contributed by atoms with van der Waals surface area (Å²) >= 11 is 6.97. The SMILES string of the molecule is Brc1cc(Br)cc(-c2ncc(C3CC3)[nH]2)c1. The number of nitrogens with zero attached hydrogens (tertiary/aromatic N) is 1.